The first-order chi connectivity index (χ1) is 9.11. The third-order valence-electron chi connectivity index (χ3n) is 4.31. The van der Waals surface area contributed by atoms with Crippen molar-refractivity contribution >= 4 is 0 Å². The molecule has 1 heterocycles. The van der Waals surface area contributed by atoms with E-state index in [0.29, 0.717) is 12.1 Å². The maximum atomic E-state index is 6.01. The van der Waals surface area contributed by atoms with E-state index in [4.69, 9.17) is 10.3 Å². The molecule has 1 aliphatic rings. The molecule has 0 spiro atoms. The third-order valence-corrected chi connectivity index (χ3v) is 4.31. The van der Waals surface area contributed by atoms with Crippen LogP contribution in [0.25, 0.3) is 0 Å². The first-order valence-electron chi connectivity index (χ1n) is 7.53. The predicted molar refractivity (Wildman–Crippen MR) is 76.9 cm³/mol. The number of nitrogens with zero attached hydrogens (tertiary/aromatic N) is 2. The van der Waals surface area contributed by atoms with Crippen LogP contribution in [-0.2, 0) is 6.54 Å². The normalized spacial score (nSPS) is 24.1. The van der Waals surface area contributed by atoms with Crippen LogP contribution in [0.3, 0.4) is 0 Å². The highest BCUT2D eigenvalue weighted by Gasteiger charge is 2.25. The van der Waals surface area contributed by atoms with E-state index in [0.717, 1.165) is 37.4 Å². The summed E-state index contributed by atoms with van der Waals surface area (Å²) in [6, 6.07) is 1.09. The zero-order chi connectivity index (χ0) is 13.8. The van der Waals surface area contributed by atoms with Gasteiger partial charge in [-0.1, -0.05) is 12.1 Å². The molecule has 0 saturated heterocycles. The Balaban J connectivity index is 2.03. The van der Waals surface area contributed by atoms with Crippen LogP contribution in [0.2, 0.25) is 0 Å². The lowest BCUT2D eigenvalue weighted by atomic mass is 9.90. The molecule has 1 aromatic heterocycles. The Morgan fingerprint density at radius 2 is 1.95 bits per heavy atom. The SMILES string of the molecule is CCCN(Cc1c(C)noc1C)C1CCC(N)CC1. The summed E-state index contributed by atoms with van der Waals surface area (Å²) in [5, 5.41) is 4.06. The van der Waals surface area contributed by atoms with Gasteiger partial charge < -0.3 is 10.3 Å². The van der Waals surface area contributed by atoms with Crippen LogP contribution in [0.4, 0.5) is 0 Å². The summed E-state index contributed by atoms with van der Waals surface area (Å²) < 4.78 is 5.28. The molecule has 1 fully saturated rings. The lowest BCUT2D eigenvalue weighted by Crippen LogP contribution is -2.41. The summed E-state index contributed by atoms with van der Waals surface area (Å²) in [6.45, 7) is 8.40. The van der Waals surface area contributed by atoms with Crippen LogP contribution in [0.15, 0.2) is 4.52 Å². The third kappa shape index (κ3) is 3.57. The summed E-state index contributed by atoms with van der Waals surface area (Å²) in [6.07, 6.45) is 5.96. The minimum Gasteiger partial charge on any atom is -0.361 e. The van der Waals surface area contributed by atoms with Crippen molar-refractivity contribution in [2.45, 2.75) is 71.5 Å². The molecule has 0 aromatic carbocycles. The highest BCUT2D eigenvalue weighted by molar-refractivity contribution is 5.20. The van der Waals surface area contributed by atoms with Gasteiger partial charge in [-0.15, -0.1) is 0 Å². The average Bonchev–Trinajstić information content (AvgIpc) is 2.71. The number of nitrogens with two attached hydrogens (primary N) is 1. The molecule has 0 unspecified atom stereocenters. The van der Waals surface area contributed by atoms with Crippen LogP contribution in [-0.4, -0.2) is 28.7 Å². The van der Waals surface area contributed by atoms with Gasteiger partial charge in [0.1, 0.15) is 5.76 Å². The minimum atomic E-state index is 0.416. The van der Waals surface area contributed by atoms with Crippen LogP contribution in [0, 0.1) is 13.8 Å². The van der Waals surface area contributed by atoms with Crippen LogP contribution in [0.5, 0.6) is 0 Å². The van der Waals surface area contributed by atoms with Crippen molar-refractivity contribution < 1.29 is 4.52 Å². The Labute approximate surface area is 116 Å². The fourth-order valence-electron chi connectivity index (χ4n) is 3.08. The van der Waals surface area contributed by atoms with Crippen LogP contribution in [0.1, 0.15) is 56.0 Å². The van der Waals surface area contributed by atoms with E-state index in [1.54, 1.807) is 0 Å². The lowest BCUT2D eigenvalue weighted by Gasteiger charge is -2.36. The van der Waals surface area contributed by atoms with E-state index in [1.807, 2.05) is 13.8 Å². The Bertz CT molecular complexity index is 375. The molecule has 0 aliphatic heterocycles. The van der Waals surface area contributed by atoms with Crippen molar-refractivity contribution in [2.75, 3.05) is 6.54 Å². The number of aromatic nitrogens is 1. The van der Waals surface area contributed by atoms with E-state index in [1.165, 1.54) is 24.8 Å². The molecule has 4 heteroatoms. The molecular weight excluding hydrogens is 238 g/mol. The summed E-state index contributed by atoms with van der Waals surface area (Å²) in [4.78, 5) is 2.60. The van der Waals surface area contributed by atoms with Gasteiger partial charge in [0.05, 0.1) is 5.69 Å². The largest absolute Gasteiger partial charge is 0.361 e. The molecule has 0 bridgehead atoms. The van der Waals surface area contributed by atoms with Crippen molar-refractivity contribution in [1.82, 2.24) is 10.1 Å². The zero-order valence-electron chi connectivity index (χ0n) is 12.5. The smallest absolute Gasteiger partial charge is 0.138 e. The van der Waals surface area contributed by atoms with E-state index >= 15 is 0 Å². The zero-order valence-corrected chi connectivity index (χ0v) is 12.5. The highest BCUT2D eigenvalue weighted by Crippen LogP contribution is 2.25. The molecule has 1 saturated carbocycles. The molecule has 0 amide bonds. The maximum absolute atomic E-state index is 6.01. The first kappa shape index (κ1) is 14.5. The van der Waals surface area contributed by atoms with Crippen LogP contribution >= 0.6 is 0 Å². The van der Waals surface area contributed by atoms with Gasteiger partial charge >= 0.3 is 0 Å². The van der Waals surface area contributed by atoms with Crippen molar-refractivity contribution in [3.8, 4) is 0 Å². The lowest BCUT2D eigenvalue weighted by molar-refractivity contribution is 0.141. The molecule has 0 radical (unpaired) electrons. The van der Waals surface area contributed by atoms with E-state index in [-0.39, 0.29) is 0 Å². The molecule has 2 rings (SSSR count). The molecule has 1 aliphatic carbocycles. The average molecular weight is 265 g/mol. The van der Waals surface area contributed by atoms with Gasteiger partial charge in [0.2, 0.25) is 0 Å². The molecule has 19 heavy (non-hydrogen) atoms. The summed E-state index contributed by atoms with van der Waals surface area (Å²) in [7, 11) is 0. The van der Waals surface area contributed by atoms with Gasteiger partial charge in [-0.05, 0) is 52.5 Å². The van der Waals surface area contributed by atoms with Crippen molar-refractivity contribution in [1.29, 1.82) is 0 Å². The predicted octanol–water partition coefficient (Wildman–Crippen LogP) is 2.77. The second kappa shape index (κ2) is 6.53. The maximum Gasteiger partial charge on any atom is 0.138 e. The molecule has 108 valence electrons. The van der Waals surface area contributed by atoms with Crippen molar-refractivity contribution in [3.63, 3.8) is 0 Å². The van der Waals surface area contributed by atoms with Crippen LogP contribution < -0.4 is 5.73 Å². The fraction of sp³-hybridized carbons (Fsp3) is 0.800. The molecular formula is C15H27N3O. The topological polar surface area (TPSA) is 55.3 Å². The monoisotopic (exact) mass is 265 g/mol. The number of rotatable bonds is 5. The standard InChI is InChI=1S/C15H27N3O/c1-4-9-18(14-7-5-13(16)6-8-14)10-15-11(2)17-19-12(15)3/h13-14H,4-10,16H2,1-3H3. The number of hydrogen-bond donors (Lipinski definition) is 1. The summed E-state index contributed by atoms with van der Waals surface area (Å²) >= 11 is 0. The molecule has 4 nitrogen and oxygen atoms in total. The Hall–Kier alpha value is -0.870. The summed E-state index contributed by atoms with van der Waals surface area (Å²) in [5.41, 5.74) is 8.31. The van der Waals surface area contributed by atoms with Crippen molar-refractivity contribution in [2.24, 2.45) is 5.73 Å². The van der Waals surface area contributed by atoms with Crippen molar-refractivity contribution in [3.05, 3.63) is 17.0 Å². The van der Waals surface area contributed by atoms with Gasteiger partial charge in [-0.3, -0.25) is 4.90 Å². The van der Waals surface area contributed by atoms with Gasteiger partial charge in [0.15, 0.2) is 0 Å². The minimum absolute atomic E-state index is 0.416. The Morgan fingerprint density at radius 1 is 1.26 bits per heavy atom. The fourth-order valence-corrected chi connectivity index (χ4v) is 3.08. The second-order valence-electron chi connectivity index (χ2n) is 5.84. The second-order valence-corrected chi connectivity index (χ2v) is 5.84. The summed E-state index contributed by atoms with van der Waals surface area (Å²) in [5.74, 6) is 0.964. The molecule has 2 N–H and O–H groups in total. The van der Waals surface area contributed by atoms with E-state index in [2.05, 4.69) is 17.0 Å². The van der Waals surface area contributed by atoms with Gasteiger partial charge in [-0.25, -0.2) is 0 Å². The number of aryl methyl sites for hydroxylation is 2. The van der Waals surface area contributed by atoms with E-state index < -0.39 is 0 Å². The molecule has 1 aromatic rings. The Kier molecular flexibility index (Phi) is 4.99. The highest BCUT2D eigenvalue weighted by atomic mass is 16.5. The molecule has 0 atom stereocenters. The quantitative estimate of drug-likeness (QED) is 0.889. The number of hydrogen-bond acceptors (Lipinski definition) is 4. The van der Waals surface area contributed by atoms with Gasteiger partial charge in [0.25, 0.3) is 0 Å². The van der Waals surface area contributed by atoms with Gasteiger partial charge in [-0.2, -0.15) is 0 Å². The van der Waals surface area contributed by atoms with Gasteiger partial charge in [0, 0.05) is 24.2 Å². The van der Waals surface area contributed by atoms with E-state index in [9.17, 15) is 0 Å². The first-order valence-corrected chi connectivity index (χ1v) is 7.53. The Morgan fingerprint density at radius 3 is 2.47 bits per heavy atom.